The summed E-state index contributed by atoms with van der Waals surface area (Å²) in [6, 6.07) is 13.7. The normalized spacial score (nSPS) is 13.2. The summed E-state index contributed by atoms with van der Waals surface area (Å²) in [7, 11) is 0. The number of aromatic nitrogens is 1. The molecule has 1 fully saturated rings. The lowest BCUT2D eigenvalue weighted by atomic mass is 9.97. The van der Waals surface area contributed by atoms with E-state index in [1.165, 1.54) is 11.6 Å². The number of aryl methyl sites for hydroxylation is 2. The number of hydrogen-bond donors (Lipinski definition) is 3. The summed E-state index contributed by atoms with van der Waals surface area (Å²) < 4.78 is 0. The lowest BCUT2D eigenvalue weighted by Gasteiger charge is -2.39. The molecule has 198 valence electrons. The summed E-state index contributed by atoms with van der Waals surface area (Å²) in [4.78, 5) is 42.0. The summed E-state index contributed by atoms with van der Waals surface area (Å²) in [6.07, 6.45) is 4.74. The Hall–Kier alpha value is -4.13. The van der Waals surface area contributed by atoms with Crippen molar-refractivity contribution in [1.29, 1.82) is 0 Å². The van der Waals surface area contributed by atoms with Gasteiger partial charge in [0.2, 0.25) is 5.91 Å². The van der Waals surface area contributed by atoms with Crippen LogP contribution < -0.4 is 16.2 Å². The fraction of sp³-hybridized carbons (Fsp3) is 0.323. The van der Waals surface area contributed by atoms with Crippen molar-refractivity contribution < 1.29 is 9.59 Å². The molecule has 7 heteroatoms. The molecule has 1 saturated heterocycles. The number of amides is 2. The van der Waals surface area contributed by atoms with Gasteiger partial charge in [-0.05, 0) is 77.9 Å². The van der Waals surface area contributed by atoms with Gasteiger partial charge in [-0.15, -0.1) is 0 Å². The maximum atomic E-state index is 13.3. The SMILES string of the molecule is C=CC(=O)N1CC(Nc2cc(-c3cc(CCC)cc(C(=O)Nc4ccc(C(C)C)c(C)c4)c3)c[nH]c2=O)C1. The van der Waals surface area contributed by atoms with Crippen LogP contribution in [0, 0.1) is 6.92 Å². The van der Waals surface area contributed by atoms with E-state index in [0.717, 1.165) is 40.8 Å². The number of nitrogens with one attached hydrogen (secondary N) is 3. The third-order valence-electron chi connectivity index (χ3n) is 6.91. The van der Waals surface area contributed by atoms with Crippen LogP contribution in [0.3, 0.4) is 0 Å². The summed E-state index contributed by atoms with van der Waals surface area (Å²) >= 11 is 0. The van der Waals surface area contributed by atoms with Crippen molar-refractivity contribution in [1.82, 2.24) is 9.88 Å². The van der Waals surface area contributed by atoms with Crippen molar-refractivity contribution in [3.8, 4) is 11.1 Å². The third-order valence-corrected chi connectivity index (χ3v) is 6.91. The Morgan fingerprint density at radius 2 is 1.89 bits per heavy atom. The molecular formula is C31H36N4O3. The molecule has 1 aliphatic rings. The van der Waals surface area contributed by atoms with E-state index >= 15 is 0 Å². The van der Waals surface area contributed by atoms with Crippen LogP contribution in [-0.2, 0) is 11.2 Å². The number of rotatable bonds is 9. The van der Waals surface area contributed by atoms with Crippen molar-refractivity contribution in [2.24, 2.45) is 0 Å². The molecule has 0 atom stereocenters. The van der Waals surface area contributed by atoms with Crippen molar-refractivity contribution in [3.05, 3.63) is 93.9 Å². The fourth-order valence-corrected chi connectivity index (χ4v) is 4.88. The molecule has 0 radical (unpaired) electrons. The van der Waals surface area contributed by atoms with E-state index in [2.05, 4.69) is 62.0 Å². The van der Waals surface area contributed by atoms with Gasteiger partial charge in [0, 0.05) is 36.1 Å². The van der Waals surface area contributed by atoms with Gasteiger partial charge in [0.25, 0.3) is 11.5 Å². The predicted molar refractivity (Wildman–Crippen MR) is 154 cm³/mol. The van der Waals surface area contributed by atoms with Crippen LogP contribution in [0.1, 0.15) is 60.2 Å². The minimum Gasteiger partial charge on any atom is -0.374 e. The Morgan fingerprint density at radius 3 is 2.55 bits per heavy atom. The van der Waals surface area contributed by atoms with Gasteiger partial charge < -0.3 is 20.5 Å². The Morgan fingerprint density at radius 1 is 1.13 bits per heavy atom. The first kappa shape index (κ1) is 26.9. The number of anilines is 2. The average molecular weight is 513 g/mol. The molecule has 2 aromatic carbocycles. The highest BCUT2D eigenvalue weighted by Gasteiger charge is 2.29. The Kier molecular flexibility index (Phi) is 8.15. The topological polar surface area (TPSA) is 94.3 Å². The second-order valence-electron chi connectivity index (χ2n) is 10.3. The van der Waals surface area contributed by atoms with Gasteiger partial charge in [-0.25, -0.2) is 0 Å². The van der Waals surface area contributed by atoms with E-state index in [0.29, 0.717) is 30.3 Å². The van der Waals surface area contributed by atoms with E-state index in [1.54, 1.807) is 17.2 Å². The molecule has 3 aromatic rings. The van der Waals surface area contributed by atoms with Gasteiger partial charge in [-0.1, -0.05) is 45.9 Å². The van der Waals surface area contributed by atoms with Crippen LogP contribution in [0.15, 0.2) is 66.1 Å². The van der Waals surface area contributed by atoms with E-state index in [-0.39, 0.29) is 23.4 Å². The zero-order valence-corrected chi connectivity index (χ0v) is 22.6. The molecule has 0 spiro atoms. The van der Waals surface area contributed by atoms with Crippen LogP contribution in [0.2, 0.25) is 0 Å². The van der Waals surface area contributed by atoms with E-state index in [4.69, 9.17) is 0 Å². The van der Waals surface area contributed by atoms with Crippen molar-refractivity contribution in [3.63, 3.8) is 0 Å². The van der Waals surface area contributed by atoms with Gasteiger partial charge in [-0.3, -0.25) is 14.4 Å². The minimum absolute atomic E-state index is 0.00597. The number of benzene rings is 2. The Bertz CT molecular complexity index is 1420. The number of nitrogens with zero attached hydrogens (tertiary/aromatic N) is 1. The zero-order chi connectivity index (χ0) is 27.4. The molecule has 2 heterocycles. The van der Waals surface area contributed by atoms with Crippen LogP contribution in [0.25, 0.3) is 11.1 Å². The number of carbonyl (C=O) groups is 2. The first-order chi connectivity index (χ1) is 18.2. The lowest BCUT2D eigenvalue weighted by molar-refractivity contribution is -0.129. The van der Waals surface area contributed by atoms with Crippen LogP contribution in [0.5, 0.6) is 0 Å². The molecule has 38 heavy (non-hydrogen) atoms. The number of aromatic amines is 1. The highest BCUT2D eigenvalue weighted by Crippen LogP contribution is 2.26. The van der Waals surface area contributed by atoms with Gasteiger partial charge >= 0.3 is 0 Å². The van der Waals surface area contributed by atoms with E-state index in [1.807, 2.05) is 24.3 Å². The average Bonchev–Trinajstić information content (AvgIpc) is 2.86. The zero-order valence-electron chi connectivity index (χ0n) is 22.6. The molecule has 0 saturated carbocycles. The fourth-order valence-electron chi connectivity index (χ4n) is 4.88. The Labute approximate surface area is 224 Å². The second kappa shape index (κ2) is 11.5. The molecule has 3 N–H and O–H groups in total. The maximum Gasteiger partial charge on any atom is 0.271 e. The second-order valence-corrected chi connectivity index (χ2v) is 10.3. The first-order valence-corrected chi connectivity index (χ1v) is 13.1. The molecule has 0 unspecified atom stereocenters. The summed E-state index contributed by atoms with van der Waals surface area (Å²) in [5, 5.41) is 6.29. The first-order valence-electron chi connectivity index (χ1n) is 13.1. The molecule has 1 aromatic heterocycles. The smallest absolute Gasteiger partial charge is 0.271 e. The minimum atomic E-state index is -0.231. The van der Waals surface area contributed by atoms with Crippen molar-refractivity contribution in [2.45, 2.75) is 52.5 Å². The predicted octanol–water partition coefficient (Wildman–Crippen LogP) is 5.49. The monoisotopic (exact) mass is 512 g/mol. The number of hydrogen-bond acceptors (Lipinski definition) is 4. The summed E-state index contributed by atoms with van der Waals surface area (Å²) in [6.45, 7) is 13.0. The van der Waals surface area contributed by atoms with E-state index < -0.39 is 0 Å². The highest BCUT2D eigenvalue weighted by atomic mass is 16.2. The summed E-state index contributed by atoms with van der Waals surface area (Å²) in [5.41, 5.74) is 6.65. The van der Waals surface area contributed by atoms with Crippen LogP contribution >= 0.6 is 0 Å². The van der Waals surface area contributed by atoms with Gasteiger partial charge in [0.1, 0.15) is 5.69 Å². The number of carbonyl (C=O) groups excluding carboxylic acids is 2. The lowest BCUT2D eigenvalue weighted by Crippen LogP contribution is -2.56. The third kappa shape index (κ3) is 6.05. The van der Waals surface area contributed by atoms with Gasteiger partial charge in [0.05, 0.1) is 6.04 Å². The molecule has 2 amide bonds. The number of likely N-dealkylation sites (tertiary alicyclic amines) is 1. The largest absolute Gasteiger partial charge is 0.374 e. The standard InChI is InChI=1S/C31H36N4O3/c1-6-8-21-12-22(14-23(13-21)30(37)34-25-9-10-27(19(3)4)20(5)11-25)24-15-28(31(38)32-16-24)33-26-17-35(18-26)29(36)7-2/h7,9-16,19,26,33H,2,6,8,17-18H2,1,3-5H3,(H,32,38)(H,34,37). The van der Waals surface area contributed by atoms with Gasteiger partial charge in [0.15, 0.2) is 0 Å². The molecule has 4 rings (SSSR count). The number of pyridine rings is 1. The molecule has 1 aliphatic heterocycles. The quantitative estimate of drug-likeness (QED) is 0.331. The van der Waals surface area contributed by atoms with Gasteiger partial charge in [-0.2, -0.15) is 0 Å². The van der Waals surface area contributed by atoms with E-state index in [9.17, 15) is 14.4 Å². The Balaban J connectivity index is 1.58. The molecule has 0 aliphatic carbocycles. The van der Waals surface area contributed by atoms with Crippen molar-refractivity contribution >= 4 is 23.2 Å². The molecule has 0 bridgehead atoms. The number of H-pyrrole nitrogens is 1. The molecule has 7 nitrogen and oxygen atoms in total. The molecular weight excluding hydrogens is 476 g/mol. The van der Waals surface area contributed by atoms with Crippen LogP contribution in [0.4, 0.5) is 11.4 Å². The summed E-state index contributed by atoms with van der Waals surface area (Å²) in [5.74, 6) is 0.128. The van der Waals surface area contributed by atoms with Crippen molar-refractivity contribution in [2.75, 3.05) is 23.7 Å². The van der Waals surface area contributed by atoms with Crippen LogP contribution in [-0.4, -0.2) is 40.8 Å². The highest BCUT2D eigenvalue weighted by molar-refractivity contribution is 6.05. The maximum absolute atomic E-state index is 13.3.